The van der Waals surface area contributed by atoms with Crippen LogP contribution in [0.4, 0.5) is 10.1 Å². The average Bonchev–Trinajstić information content (AvgIpc) is 2.35. The van der Waals surface area contributed by atoms with Gasteiger partial charge in [0.05, 0.1) is 15.2 Å². The molecule has 108 valence electrons. The van der Waals surface area contributed by atoms with Gasteiger partial charge in [0.1, 0.15) is 11.7 Å². The normalized spacial score (nSPS) is 25.1. The number of nitrogens with two attached hydrogens (primary N) is 1. The number of hydrogen-bond acceptors (Lipinski definition) is 5. The van der Waals surface area contributed by atoms with Crippen molar-refractivity contribution in [2.24, 2.45) is 10.7 Å². The van der Waals surface area contributed by atoms with Crippen LogP contribution in [0.5, 0.6) is 0 Å². The summed E-state index contributed by atoms with van der Waals surface area (Å²) in [7, 11) is 0. The minimum Gasteiger partial charge on any atom is -0.386 e. The lowest BCUT2D eigenvalue weighted by Crippen LogP contribution is -2.44. The molecule has 1 aromatic rings. The van der Waals surface area contributed by atoms with E-state index in [2.05, 4.69) is 4.99 Å². The minimum absolute atomic E-state index is 0.147. The van der Waals surface area contributed by atoms with Crippen LogP contribution in [-0.2, 0) is 5.54 Å². The highest BCUT2D eigenvalue weighted by molar-refractivity contribution is 8.01. The molecular weight excluding hydrogens is 281 g/mol. The number of rotatable bonds is 2. The number of aliphatic imine (C=N–C) groups is 1. The van der Waals surface area contributed by atoms with Crippen LogP contribution in [-0.4, -0.2) is 21.3 Å². The largest absolute Gasteiger partial charge is 0.386 e. The molecule has 0 spiro atoms. The predicted octanol–water partition coefficient (Wildman–Crippen LogP) is 2.83. The van der Waals surface area contributed by atoms with E-state index in [-0.39, 0.29) is 16.0 Å². The monoisotopic (exact) mass is 297 g/mol. The Bertz CT molecular complexity index is 603. The zero-order chi connectivity index (χ0) is 15.1. The minimum atomic E-state index is -0.889. The van der Waals surface area contributed by atoms with Crippen molar-refractivity contribution < 1.29 is 9.31 Å². The van der Waals surface area contributed by atoms with E-state index in [0.717, 1.165) is 12.1 Å². The summed E-state index contributed by atoms with van der Waals surface area (Å²) in [6.45, 7) is 5.63. The molecule has 1 aliphatic heterocycles. The Morgan fingerprint density at radius 3 is 2.65 bits per heavy atom. The van der Waals surface area contributed by atoms with Crippen LogP contribution in [0.25, 0.3) is 0 Å². The lowest BCUT2D eigenvalue weighted by Gasteiger charge is -2.37. The molecule has 0 bridgehead atoms. The van der Waals surface area contributed by atoms with Crippen molar-refractivity contribution in [2.75, 3.05) is 5.75 Å². The maximum absolute atomic E-state index is 14.0. The molecule has 1 heterocycles. The number of non-ortho nitro benzene ring substituents is 1. The third-order valence-electron chi connectivity index (χ3n) is 3.44. The molecule has 2 N–H and O–H groups in total. The lowest BCUT2D eigenvalue weighted by molar-refractivity contribution is -0.385. The second-order valence-electron chi connectivity index (χ2n) is 5.49. The highest BCUT2D eigenvalue weighted by Crippen LogP contribution is 2.41. The molecule has 2 rings (SSSR count). The van der Waals surface area contributed by atoms with Gasteiger partial charge in [-0.25, -0.2) is 4.39 Å². The second-order valence-corrected chi connectivity index (χ2v) is 7.09. The molecule has 1 aliphatic rings. The highest BCUT2D eigenvalue weighted by atomic mass is 32.2. The van der Waals surface area contributed by atoms with Gasteiger partial charge in [-0.3, -0.25) is 15.1 Å². The number of nitro benzene ring substituents is 1. The molecule has 0 fully saturated rings. The fraction of sp³-hybridized carbons (Fsp3) is 0.462. The van der Waals surface area contributed by atoms with Crippen LogP contribution in [0.2, 0.25) is 0 Å². The van der Waals surface area contributed by atoms with Crippen molar-refractivity contribution in [2.45, 2.75) is 31.1 Å². The molecule has 1 atom stereocenters. The molecule has 0 aromatic heterocycles. The van der Waals surface area contributed by atoms with Crippen molar-refractivity contribution in [1.29, 1.82) is 0 Å². The molecule has 0 saturated heterocycles. The number of benzene rings is 1. The first kappa shape index (κ1) is 14.8. The number of thioether (sulfide) groups is 1. The Hall–Kier alpha value is -1.63. The maximum Gasteiger partial charge on any atom is 0.270 e. The van der Waals surface area contributed by atoms with E-state index in [0.29, 0.717) is 11.6 Å². The zero-order valence-electron chi connectivity index (χ0n) is 11.5. The van der Waals surface area contributed by atoms with Crippen LogP contribution in [0.1, 0.15) is 26.3 Å². The van der Waals surface area contributed by atoms with E-state index < -0.39 is 16.3 Å². The Morgan fingerprint density at radius 1 is 1.45 bits per heavy atom. The van der Waals surface area contributed by atoms with E-state index >= 15 is 0 Å². The molecule has 7 heteroatoms. The summed E-state index contributed by atoms with van der Waals surface area (Å²) in [4.78, 5) is 14.7. The average molecular weight is 297 g/mol. The number of hydrogen-bond donors (Lipinski definition) is 1. The maximum atomic E-state index is 14.0. The first-order chi connectivity index (χ1) is 9.16. The first-order valence-electron chi connectivity index (χ1n) is 6.10. The van der Waals surface area contributed by atoms with E-state index in [4.69, 9.17) is 5.73 Å². The summed E-state index contributed by atoms with van der Waals surface area (Å²) in [5.41, 5.74) is 5.12. The first-order valence-corrected chi connectivity index (χ1v) is 7.08. The second kappa shape index (κ2) is 4.73. The van der Waals surface area contributed by atoms with Gasteiger partial charge < -0.3 is 5.73 Å². The molecule has 20 heavy (non-hydrogen) atoms. The van der Waals surface area contributed by atoms with Crippen molar-refractivity contribution >= 4 is 23.3 Å². The fourth-order valence-corrected chi connectivity index (χ4v) is 3.06. The predicted molar refractivity (Wildman–Crippen MR) is 78.6 cm³/mol. The standard InChI is InChI=1S/C13H16FN3O2S/c1-12(2)11(15)16-13(3,7-20-12)9-6-8(17(18)19)4-5-10(9)14/h4-6H,7H2,1-3H3,(H2,15,16). The Labute approximate surface area is 120 Å². The molecule has 0 radical (unpaired) electrons. The van der Waals surface area contributed by atoms with Crippen molar-refractivity contribution in [3.8, 4) is 0 Å². The van der Waals surface area contributed by atoms with E-state index in [1.165, 1.54) is 6.07 Å². The topological polar surface area (TPSA) is 81.5 Å². The van der Waals surface area contributed by atoms with Gasteiger partial charge in [-0.15, -0.1) is 11.8 Å². The van der Waals surface area contributed by atoms with Gasteiger partial charge in [0.2, 0.25) is 0 Å². The number of halogens is 1. The van der Waals surface area contributed by atoms with Crippen molar-refractivity contribution in [1.82, 2.24) is 0 Å². The molecular formula is C13H16FN3O2S. The molecule has 0 saturated carbocycles. The van der Waals surface area contributed by atoms with Crippen LogP contribution >= 0.6 is 11.8 Å². The number of amidine groups is 1. The zero-order valence-corrected chi connectivity index (χ0v) is 12.3. The fourth-order valence-electron chi connectivity index (χ4n) is 2.01. The lowest BCUT2D eigenvalue weighted by atomic mass is 9.93. The van der Waals surface area contributed by atoms with Gasteiger partial charge in [0.15, 0.2) is 0 Å². The van der Waals surface area contributed by atoms with E-state index in [1.54, 1.807) is 18.7 Å². The van der Waals surface area contributed by atoms with Crippen LogP contribution in [0.3, 0.4) is 0 Å². The number of nitrogens with zero attached hydrogens (tertiary/aromatic N) is 2. The van der Waals surface area contributed by atoms with Crippen molar-refractivity contribution in [3.05, 3.63) is 39.7 Å². The molecule has 1 aromatic carbocycles. The van der Waals surface area contributed by atoms with E-state index in [1.807, 2.05) is 13.8 Å². The summed E-state index contributed by atoms with van der Waals surface area (Å²) < 4.78 is 13.7. The van der Waals surface area contributed by atoms with Gasteiger partial charge in [-0.2, -0.15) is 0 Å². The van der Waals surface area contributed by atoms with Crippen LogP contribution < -0.4 is 5.73 Å². The molecule has 0 amide bonds. The third-order valence-corrected chi connectivity index (χ3v) is 5.08. The summed E-state index contributed by atoms with van der Waals surface area (Å²) >= 11 is 1.56. The Balaban J connectivity index is 2.53. The summed E-state index contributed by atoms with van der Waals surface area (Å²) in [5.74, 6) is 0.427. The SMILES string of the molecule is CC1(C)SCC(C)(c2cc([N+](=O)[O-])ccc2F)N=C1N. The van der Waals surface area contributed by atoms with Gasteiger partial charge in [0.25, 0.3) is 5.69 Å². The highest BCUT2D eigenvalue weighted by Gasteiger charge is 2.39. The third kappa shape index (κ3) is 2.49. The summed E-state index contributed by atoms with van der Waals surface area (Å²) in [6, 6.07) is 3.50. The Kier molecular flexibility index (Phi) is 3.49. The quantitative estimate of drug-likeness (QED) is 0.672. The molecule has 1 unspecified atom stereocenters. The Morgan fingerprint density at radius 2 is 2.10 bits per heavy atom. The van der Waals surface area contributed by atoms with Gasteiger partial charge in [-0.1, -0.05) is 0 Å². The summed E-state index contributed by atoms with van der Waals surface area (Å²) in [6.07, 6.45) is 0. The van der Waals surface area contributed by atoms with Gasteiger partial charge in [-0.05, 0) is 26.8 Å². The van der Waals surface area contributed by atoms with Crippen LogP contribution in [0.15, 0.2) is 23.2 Å². The van der Waals surface area contributed by atoms with E-state index in [9.17, 15) is 14.5 Å². The van der Waals surface area contributed by atoms with Crippen LogP contribution in [0, 0.1) is 15.9 Å². The van der Waals surface area contributed by atoms with Crippen molar-refractivity contribution in [3.63, 3.8) is 0 Å². The number of nitro groups is 1. The molecule has 0 aliphatic carbocycles. The summed E-state index contributed by atoms with van der Waals surface area (Å²) in [5, 5.41) is 10.8. The van der Waals surface area contributed by atoms with Gasteiger partial charge in [0, 0.05) is 23.4 Å². The molecule has 5 nitrogen and oxygen atoms in total. The smallest absolute Gasteiger partial charge is 0.270 e. The van der Waals surface area contributed by atoms with Gasteiger partial charge >= 0.3 is 0 Å².